The molecule has 1 aliphatic heterocycles. The summed E-state index contributed by atoms with van der Waals surface area (Å²) in [5.74, 6) is 0.241. The number of nitrogens with zero attached hydrogens (tertiary/aromatic N) is 2. The number of likely N-dealkylation sites (tertiary alicyclic amines) is 1. The van der Waals surface area contributed by atoms with Crippen molar-refractivity contribution >= 4 is 42.1 Å². The van der Waals surface area contributed by atoms with E-state index in [0.29, 0.717) is 6.42 Å². The van der Waals surface area contributed by atoms with Crippen LogP contribution in [0.25, 0.3) is 0 Å². The van der Waals surface area contributed by atoms with Gasteiger partial charge in [-0.05, 0) is 26.2 Å². The molecule has 7 heteroatoms. The lowest BCUT2D eigenvalue weighted by Crippen LogP contribution is -2.31. The molecule has 1 aliphatic rings. The zero-order valence-corrected chi connectivity index (χ0v) is 13.5. The summed E-state index contributed by atoms with van der Waals surface area (Å²) < 4.78 is 0. The van der Waals surface area contributed by atoms with Gasteiger partial charge in [0.1, 0.15) is 0 Å². The van der Waals surface area contributed by atoms with E-state index in [1.54, 1.807) is 11.3 Å². The minimum Gasteiger partial charge on any atom is -0.341 e. The van der Waals surface area contributed by atoms with Crippen LogP contribution in [-0.4, -0.2) is 34.9 Å². The minimum absolute atomic E-state index is 0. The summed E-state index contributed by atoms with van der Waals surface area (Å²) in [5.41, 5.74) is 6.89. The Morgan fingerprint density at radius 2 is 2.32 bits per heavy atom. The molecule has 2 N–H and O–H groups in total. The topological polar surface area (TPSA) is 59.2 Å². The third kappa shape index (κ3) is 5.65. The summed E-state index contributed by atoms with van der Waals surface area (Å²) in [5, 5.41) is 3.17. The molecular weight excluding hydrogens is 305 g/mol. The van der Waals surface area contributed by atoms with Crippen LogP contribution in [0.3, 0.4) is 0 Å². The van der Waals surface area contributed by atoms with Crippen molar-refractivity contribution in [2.24, 2.45) is 5.73 Å². The van der Waals surface area contributed by atoms with Crippen LogP contribution in [0.4, 0.5) is 0 Å². The third-order valence-electron chi connectivity index (χ3n) is 3.07. The SMILES string of the molecule is Cc1nc(CCCC(=O)N2CC[C@@H](N)C2)cs1.Cl.Cl. The molecule has 2 rings (SSSR count). The summed E-state index contributed by atoms with van der Waals surface area (Å²) in [7, 11) is 0. The van der Waals surface area contributed by atoms with Gasteiger partial charge < -0.3 is 10.6 Å². The number of nitrogens with two attached hydrogens (primary N) is 1. The van der Waals surface area contributed by atoms with Crippen LogP contribution < -0.4 is 5.73 Å². The third-order valence-corrected chi connectivity index (χ3v) is 3.89. The normalized spacial score (nSPS) is 17.8. The number of rotatable bonds is 4. The van der Waals surface area contributed by atoms with Crippen LogP contribution in [-0.2, 0) is 11.2 Å². The van der Waals surface area contributed by atoms with E-state index in [9.17, 15) is 4.79 Å². The van der Waals surface area contributed by atoms with Crippen molar-refractivity contribution in [3.63, 3.8) is 0 Å². The van der Waals surface area contributed by atoms with Gasteiger partial charge in [0, 0.05) is 30.9 Å². The molecule has 1 atom stereocenters. The van der Waals surface area contributed by atoms with Crippen molar-refractivity contribution < 1.29 is 4.79 Å². The van der Waals surface area contributed by atoms with Gasteiger partial charge in [-0.1, -0.05) is 0 Å². The number of hydrogen-bond acceptors (Lipinski definition) is 4. The molecular formula is C12H21Cl2N3OS. The summed E-state index contributed by atoms with van der Waals surface area (Å²) in [6, 6.07) is 0.181. The molecule has 4 nitrogen and oxygen atoms in total. The van der Waals surface area contributed by atoms with Crippen molar-refractivity contribution in [3.8, 4) is 0 Å². The fourth-order valence-electron chi connectivity index (χ4n) is 2.12. The lowest BCUT2D eigenvalue weighted by molar-refractivity contribution is -0.130. The molecule has 0 unspecified atom stereocenters. The molecule has 1 saturated heterocycles. The van der Waals surface area contributed by atoms with Gasteiger partial charge in [-0.2, -0.15) is 0 Å². The first-order valence-electron chi connectivity index (χ1n) is 6.09. The van der Waals surface area contributed by atoms with E-state index in [4.69, 9.17) is 5.73 Å². The standard InChI is InChI=1S/C12H19N3OS.2ClH/c1-9-14-11(8-17-9)3-2-4-12(16)15-6-5-10(13)7-15;;/h8,10H,2-7,13H2,1H3;2*1H/t10-;;/m1../s1. The predicted octanol–water partition coefficient (Wildman–Crippen LogP) is 2.18. The quantitative estimate of drug-likeness (QED) is 0.922. The maximum Gasteiger partial charge on any atom is 0.222 e. The molecule has 0 spiro atoms. The van der Waals surface area contributed by atoms with Gasteiger partial charge >= 0.3 is 0 Å². The Labute approximate surface area is 130 Å². The second kappa shape index (κ2) is 8.74. The van der Waals surface area contributed by atoms with Crippen molar-refractivity contribution in [2.45, 2.75) is 38.6 Å². The van der Waals surface area contributed by atoms with Crippen molar-refractivity contribution in [1.82, 2.24) is 9.88 Å². The van der Waals surface area contributed by atoms with Crippen LogP contribution in [0.15, 0.2) is 5.38 Å². The molecule has 1 fully saturated rings. The lowest BCUT2D eigenvalue weighted by Gasteiger charge is -2.15. The Kier molecular flexibility index (Phi) is 8.57. The number of carbonyl (C=O) groups is 1. The first kappa shape index (κ1) is 18.6. The largest absolute Gasteiger partial charge is 0.341 e. The van der Waals surface area contributed by atoms with Crippen LogP contribution >= 0.6 is 36.2 Å². The lowest BCUT2D eigenvalue weighted by atomic mass is 10.2. The van der Waals surface area contributed by atoms with E-state index in [1.165, 1.54) is 0 Å². The van der Waals surface area contributed by atoms with E-state index in [-0.39, 0.29) is 36.8 Å². The highest BCUT2D eigenvalue weighted by Crippen LogP contribution is 2.13. The molecule has 19 heavy (non-hydrogen) atoms. The fourth-order valence-corrected chi connectivity index (χ4v) is 2.76. The van der Waals surface area contributed by atoms with Gasteiger partial charge in [0.25, 0.3) is 0 Å². The Morgan fingerprint density at radius 3 is 2.84 bits per heavy atom. The molecule has 1 amide bonds. The zero-order valence-electron chi connectivity index (χ0n) is 11.0. The van der Waals surface area contributed by atoms with E-state index < -0.39 is 0 Å². The molecule has 0 aliphatic carbocycles. The molecule has 110 valence electrons. The second-order valence-electron chi connectivity index (χ2n) is 4.60. The molecule has 1 aromatic rings. The Balaban J connectivity index is 0.00000162. The average molecular weight is 326 g/mol. The Hall–Kier alpha value is -0.360. The Morgan fingerprint density at radius 1 is 1.58 bits per heavy atom. The molecule has 0 radical (unpaired) electrons. The maximum atomic E-state index is 11.8. The number of carbonyl (C=O) groups excluding carboxylic acids is 1. The maximum absolute atomic E-state index is 11.8. The minimum atomic E-state index is 0. The van der Waals surface area contributed by atoms with Crippen molar-refractivity contribution in [3.05, 3.63) is 16.1 Å². The van der Waals surface area contributed by atoms with Gasteiger partial charge in [0.05, 0.1) is 10.7 Å². The first-order valence-corrected chi connectivity index (χ1v) is 6.97. The monoisotopic (exact) mass is 325 g/mol. The highest BCUT2D eigenvalue weighted by Gasteiger charge is 2.22. The summed E-state index contributed by atoms with van der Waals surface area (Å²) >= 11 is 1.67. The molecule has 2 heterocycles. The first-order chi connectivity index (χ1) is 8.15. The molecule has 0 aromatic carbocycles. The van der Waals surface area contributed by atoms with Crippen molar-refractivity contribution in [2.75, 3.05) is 13.1 Å². The second-order valence-corrected chi connectivity index (χ2v) is 5.66. The summed E-state index contributed by atoms with van der Waals surface area (Å²) in [6.07, 6.45) is 3.34. The van der Waals surface area contributed by atoms with Gasteiger partial charge in [0.2, 0.25) is 5.91 Å². The highest BCUT2D eigenvalue weighted by molar-refractivity contribution is 7.09. The van der Waals surface area contributed by atoms with E-state index >= 15 is 0 Å². The van der Waals surface area contributed by atoms with E-state index in [2.05, 4.69) is 10.4 Å². The number of halogens is 2. The van der Waals surface area contributed by atoms with Gasteiger partial charge in [-0.25, -0.2) is 4.98 Å². The molecule has 1 aromatic heterocycles. The number of thiazole rings is 1. The number of hydrogen-bond donors (Lipinski definition) is 1. The van der Waals surface area contributed by atoms with Crippen LogP contribution in [0, 0.1) is 6.92 Å². The van der Waals surface area contributed by atoms with Gasteiger partial charge in [0.15, 0.2) is 0 Å². The van der Waals surface area contributed by atoms with Crippen molar-refractivity contribution in [1.29, 1.82) is 0 Å². The van der Waals surface area contributed by atoms with Crippen LogP contribution in [0.1, 0.15) is 30.0 Å². The zero-order chi connectivity index (χ0) is 12.3. The smallest absolute Gasteiger partial charge is 0.222 e. The number of amides is 1. The summed E-state index contributed by atoms with van der Waals surface area (Å²) in [6.45, 7) is 3.56. The van der Waals surface area contributed by atoms with E-state index in [0.717, 1.165) is 43.1 Å². The van der Waals surface area contributed by atoms with Gasteiger partial charge in [-0.15, -0.1) is 36.2 Å². The number of aryl methyl sites for hydroxylation is 2. The Bertz CT molecular complexity index is 400. The predicted molar refractivity (Wildman–Crippen MR) is 83.5 cm³/mol. The molecule has 0 bridgehead atoms. The van der Waals surface area contributed by atoms with E-state index in [1.807, 2.05) is 11.8 Å². The number of aromatic nitrogens is 1. The average Bonchev–Trinajstić information content (AvgIpc) is 2.88. The van der Waals surface area contributed by atoms with Crippen LogP contribution in [0.5, 0.6) is 0 Å². The fraction of sp³-hybridized carbons (Fsp3) is 0.667. The highest BCUT2D eigenvalue weighted by atomic mass is 35.5. The van der Waals surface area contributed by atoms with Crippen LogP contribution in [0.2, 0.25) is 0 Å². The summed E-state index contributed by atoms with van der Waals surface area (Å²) in [4.78, 5) is 18.1. The molecule has 0 saturated carbocycles. The van der Waals surface area contributed by atoms with Gasteiger partial charge in [-0.3, -0.25) is 4.79 Å².